The first-order valence-electron chi connectivity index (χ1n) is 5.75. The van der Waals surface area contributed by atoms with Crippen LogP contribution in [0.4, 0.5) is 27.6 Å². The molecule has 0 aliphatic heterocycles. The molecule has 0 heterocycles. The van der Waals surface area contributed by atoms with Gasteiger partial charge >= 0.3 is 0 Å². The Morgan fingerprint density at radius 3 is 1.84 bits per heavy atom. The summed E-state index contributed by atoms with van der Waals surface area (Å²) in [6, 6.07) is 0. The van der Waals surface area contributed by atoms with E-state index in [0.29, 0.717) is 6.42 Å². The quantitative estimate of drug-likeness (QED) is 0.348. The third kappa shape index (κ3) is 3.99. The maximum absolute atomic E-state index is 13.2. The van der Waals surface area contributed by atoms with Gasteiger partial charge in [-0.25, -0.2) is 22.0 Å². The minimum Gasteiger partial charge on any atom is -0.380 e. The van der Waals surface area contributed by atoms with Crippen molar-refractivity contribution in [3.05, 3.63) is 29.1 Å². The molecule has 0 bridgehead atoms. The molecular weight excluding hydrogens is 285 g/mol. The van der Waals surface area contributed by atoms with E-state index in [0.717, 1.165) is 18.6 Å². The van der Waals surface area contributed by atoms with Gasteiger partial charge in [-0.15, -0.1) is 0 Å². The number of nitrogens with one attached hydrogen (secondary N) is 1. The molecule has 1 nitrogen and oxygen atoms in total. The molecule has 0 radical (unpaired) electrons. The molecule has 0 aromatic heterocycles. The molecule has 1 rings (SSSR count). The summed E-state index contributed by atoms with van der Waals surface area (Å²) in [5.41, 5.74) is -0.957. The van der Waals surface area contributed by atoms with E-state index < -0.39 is 34.8 Å². The highest BCUT2D eigenvalue weighted by Gasteiger charge is 2.25. The van der Waals surface area contributed by atoms with Crippen molar-refractivity contribution >= 4 is 17.4 Å². The average molecular weight is 299 g/mol. The van der Waals surface area contributed by atoms with Crippen molar-refractivity contribution in [3.63, 3.8) is 0 Å². The van der Waals surface area contributed by atoms with E-state index in [1.807, 2.05) is 6.26 Å². The van der Waals surface area contributed by atoms with Crippen LogP contribution in [0.2, 0.25) is 0 Å². The number of rotatable bonds is 7. The summed E-state index contributed by atoms with van der Waals surface area (Å²) in [4.78, 5) is 0. The Morgan fingerprint density at radius 2 is 1.32 bits per heavy atom. The van der Waals surface area contributed by atoms with E-state index in [2.05, 4.69) is 5.32 Å². The SMILES string of the molecule is CSCCCCCNc1c(F)c(F)c(F)c(F)c1F. The fourth-order valence-corrected chi connectivity index (χ4v) is 2.01. The molecule has 108 valence electrons. The number of halogens is 5. The molecule has 0 amide bonds. The van der Waals surface area contributed by atoms with Gasteiger partial charge in [-0.2, -0.15) is 11.8 Å². The number of hydrogen-bond acceptors (Lipinski definition) is 2. The van der Waals surface area contributed by atoms with Gasteiger partial charge in [0.1, 0.15) is 5.69 Å². The second kappa shape index (κ2) is 7.57. The molecule has 1 aromatic carbocycles. The molecule has 1 aromatic rings. The zero-order valence-corrected chi connectivity index (χ0v) is 11.2. The Balaban J connectivity index is 2.64. The second-order valence-electron chi connectivity index (χ2n) is 3.93. The lowest BCUT2D eigenvalue weighted by molar-refractivity contribution is 0.381. The summed E-state index contributed by atoms with van der Waals surface area (Å²) < 4.78 is 65.0. The van der Waals surface area contributed by atoms with Gasteiger partial charge in [-0.05, 0) is 24.9 Å². The van der Waals surface area contributed by atoms with E-state index in [4.69, 9.17) is 0 Å². The summed E-state index contributed by atoms with van der Waals surface area (Å²) in [5, 5.41) is 2.26. The van der Waals surface area contributed by atoms with Crippen molar-refractivity contribution in [3.8, 4) is 0 Å². The van der Waals surface area contributed by atoms with E-state index >= 15 is 0 Å². The van der Waals surface area contributed by atoms with Crippen molar-refractivity contribution in [2.45, 2.75) is 19.3 Å². The van der Waals surface area contributed by atoms with Crippen molar-refractivity contribution in [2.75, 3.05) is 23.9 Å². The van der Waals surface area contributed by atoms with Gasteiger partial charge in [-0.3, -0.25) is 0 Å². The molecule has 19 heavy (non-hydrogen) atoms. The first kappa shape index (κ1) is 16.1. The van der Waals surface area contributed by atoms with E-state index in [9.17, 15) is 22.0 Å². The summed E-state index contributed by atoms with van der Waals surface area (Å²) in [6.07, 6.45) is 4.33. The molecule has 0 saturated carbocycles. The van der Waals surface area contributed by atoms with Crippen LogP contribution in [0, 0.1) is 29.1 Å². The molecule has 0 atom stereocenters. The maximum Gasteiger partial charge on any atom is 0.200 e. The predicted octanol–water partition coefficient (Wildman–Crippen LogP) is 4.33. The fourth-order valence-electron chi connectivity index (χ4n) is 1.52. The highest BCUT2D eigenvalue weighted by molar-refractivity contribution is 7.98. The number of unbranched alkanes of at least 4 members (excludes halogenated alkanes) is 2. The molecular formula is C12H14F5NS. The molecule has 1 N–H and O–H groups in total. The van der Waals surface area contributed by atoms with Gasteiger partial charge in [0.05, 0.1) is 0 Å². The third-order valence-electron chi connectivity index (χ3n) is 2.54. The zero-order valence-electron chi connectivity index (χ0n) is 10.3. The second-order valence-corrected chi connectivity index (χ2v) is 4.91. The molecule has 0 fully saturated rings. The van der Waals surface area contributed by atoms with Crippen LogP contribution in [0.1, 0.15) is 19.3 Å². The number of anilines is 1. The Labute approximate surface area is 112 Å². The fraction of sp³-hybridized carbons (Fsp3) is 0.500. The highest BCUT2D eigenvalue weighted by atomic mass is 32.2. The first-order valence-corrected chi connectivity index (χ1v) is 7.14. The molecule has 0 saturated heterocycles. The summed E-state index contributed by atoms with van der Waals surface area (Å²) in [6.45, 7) is 0.159. The van der Waals surface area contributed by atoms with Gasteiger partial charge in [0.2, 0.25) is 5.82 Å². The number of hydrogen-bond donors (Lipinski definition) is 1. The maximum atomic E-state index is 13.2. The van der Waals surface area contributed by atoms with E-state index in [1.54, 1.807) is 11.8 Å². The summed E-state index contributed by atoms with van der Waals surface area (Å²) in [7, 11) is 0. The van der Waals surface area contributed by atoms with Gasteiger partial charge in [0.25, 0.3) is 0 Å². The van der Waals surface area contributed by atoms with Crippen molar-refractivity contribution < 1.29 is 22.0 Å². The number of thioether (sulfide) groups is 1. The van der Waals surface area contributed by atoms with Crippen LogP contribution in [0.3, 0.4) is 0 Å². The minimum absolute atomic E-state index is 0.159. The van der Waals surface area contributed by atoms with Crippen molar-refractivity contribution in [2.24, 2.45) is 0 Å². The smallest absolute Gasteiger partial charge is 0.200 e. The lowest BCUT2D eigenvalue weighted by Crippen LogP contribution is -2.11. The third-order valence-corrected chi connectivity index (χ3v) is 3.23. The van der Waals surface area contributed by atoms with Crippen molar-refractivity contribution in [1.82, 2.24) is 0 Å². The van der Waals surface area contributed by atoms with Crippen LogP contribution in [-0.4, -0.2) is 18.6 Å². The van der Waals surface area contributed by atoms with E-state index in [-0.39, 0.29) is 6.54 Å². The van der Waals surface area contributed by atoms with Crippen LogP contribution in [0.5, 0.6) is 0 Å². The van der Waals surface area contributed by atoms with Gasteiger partial charge in [0, 0.05) is 6.54 Å². The molecule has 0 spiro atoms. The van der Waals surface area contributed by atoms with Crippen LogP contribution >= 0.6 is 11.8 Å². The molecule has 0 aliphatic rings. The summed E-state index contributed by atoms with van der Waals surface area (Å²) in [5.74, 6) is -8.66. The zero-order chi connectivity index (χ0) is 14.4. The van der Waals surface area contributed by atoms with Gasteiger partial charge in [0.15, 0.2) is 23.3 Å². The summed E-state index contributed by atoms with van der Waals surface area (Å²) >= 11 is 1.69. The van der Waals surface area contributed by atoms with Crippen molar-refractivity contribution in [1.29, 1.82) is 0 Å². The largest absolute Gasteiger partial charge is 0.380 e. The minimum atomic E-state index is -2.14. The lowest BCUT2D eigenvalue weighted by Gasteiger charge is -2.10. The Hall–Kier alpha value is -0.980. The van der Waals surface area contributed by atoms with E-state index in [1.165, 1.54) is 0 Å². The first-order chi connectivity index (χ1) is 9.00. The molecule has 0 aliphatic carbocycles. The van der Waals surface area contributed by atoms with Crippen LogP contribution in [0.25, 0.3) is 0 Å². The Kier molecular flexibility index (Phi) is 6.41. The number of benzene rings is 1. The predicted molar refractivity (Wildman–Crippen MR) is 67.0 cm³/mol. The standard InChI is InChI=1S/C12H14F5NS/c1-19-6-4-2-3-5-18-12-10(16)8(14)7(13)9(15)11(12)17/h18H,2-6H2,1H3. The van der Waals surface area contributed by atoms with Crippen LogP contribution in [0.15, 0.2) is 0 Å². The highest BCUT2D eigenvalue weighted by Crippen LogP contribution is 2.27. The molecule has 7 heteroatoms. The Bertz CT molecular complexity index is 410. The van der Waals surface area contributed by atoms with Gasteiger partial charge < -0.3 is 5.32 Å². The van der Waals surface area contributed by atoms with Crippen LogP contribution < -0.4 is 5.32 Å². The topological polar surface area (TPSA) is 12.0 Å². The monoisotopic (exact) mass is 299 g/mol. The Morgan fingerprint density at radius 1 is 0.789 bits per heavy atom. The lowest BCUT2D eigenvalue weighted by atomic mass is 10.2. The molecule has 0 unspecified atom stereocenters. The average Bonchev–Trinajstić information content (AvgIpc) is 2.41. The van der Waals surface area contributed by atoms with Gasteiger partial charge in [-0.1, -0.05) is 6.42 Å². The van der Waals surface area contributed by atoms with Crippen LogP contribution in [-0.2, 0) is 0 Å². The normalized spacial score (nSPS) is 10.8.